The second-order valence-electron chi connectivity index (χ2n) is 7.65. The molecule has 146 valence electrons. The van der Waals surface area contributed by atoms with E-state index in [1.165, 1.54) is 18.5 Å². The summed E-state index contributed by atoms with van der Waals surface area (Å²) < 4.78 is 17.5. The summed E-state index contributed by atoms with van der Waals surface area (Å²) in [7, 11) is 1.71. The van der Waals surface area contributed by atoms with Crippen LogP contribution in [0.4, 0.5) is 5.69 Å². The van der Waals surface area contributed by atoms with Gasteiger partial charge in [0.1, 0.15) is 11.3 Å². The highest BCUT2D eigenvalue weighted by molar-refractivity contribution is 5.95. The van der Waals surface area contributed by atoms with Gasteiger partial charge in [0.25, 0.3) is 0 Å². The van der Waals surface area contributed by atoms with Gasteiger partial charge < -0.3 is 19.1 Å². The van der Waals surface area contributed by atoms with Gasteiger partial charge in [-0.25, -0.2) is 4.98 Å². The number of pyridine rings is 1. The first kappa shape index (κ1) is 18.5. The molecule has 27 heavy (non-hydrogen) atoms. The van der Waals surface area contributed by atoms with Crippen LogP contribution in [0.5, 0.6) is 5.75 Å². The van der Waals surface area contributed by atoms with Gasteiger partial charge in [-0.2, -0.15) is 0 Å². The van der Waals surface area contributed by atoms with Crippen molar-refractivity contribution in [2.45, 2.75) is 51.2 Å². The molecule has 1 atom stereocenters. The van der Waals surface area contributed by atoms with Crippen LogP contribution in [0.15, 0.2) is 24.3 Å². The maximum atomic E-state index is 6.17. The lowest BCUT2D eigenvalue weighted by Crippen LogP contribution is -2.38. The van der Waals surface area contributed by atoms with Gasteiger partial charge in [0.2, 0.25) is 0 Å². The standard InChI is InChI=1S/C22H30N2O3/c1-16-14-20(19-7-5-8-21(25-2)22(19)23-16)24-11-9-17(10-12-24)27-15-18-6-3-4-13-26-18/h5,7-8,14,17-18H,3-4,6,9-13,15H2,1-2H3. The Kier molecular flexibility index (Phi) is 5.79. The number of ether oxygens (including phenoxy) is 3. The van der Waals surface area contributed by atoms with E-state index in [4.69, 9.17) is 19.2 Å². The third-order valence-electron chi connectivity index (χ3n) is 5.70. The third-order valence-corrected chi connectivity index (χ3v) is 5.70. The maximum absolute atomic E-state index is 6.17. The molecule has 2 fully saturated rings. The summed E-state index contributed by atoms with van der Waals surface area (Å²) in [6.45, 7) is 5.71. The molecule has 2 saturated heterocycles. The number of methoxy groups -OCH3 is 1. The summed E-state index contributed by atoms with van der Waals surface area (Å²) in [4.78, 5) is 7.17. The number of aryl methyl sites for hydroxylation is 1. The number of anilines is 1. The second kappa shape index (κ2) is 8.44. The predicted octanol–water partition coefficient (Wildman–Crippen LogP) is 4.11. The largest absolute Gasteiger partial charge is 0.494 e. The minimum atomic E-state index is 0.302. The van der Waals surface area contributed by atoms with Crippen molar-refractivity contribution in [1.82, 2.24) is 4.98 Å². The Labute approximate surface area is 161 Å². The molecule has 0 bridgehead atoms. The van der Waals surface area contributed by atoms with E-state index in [0.717, 1.165) is 67.9 Å². The van der Waals surface area contributed by atoms with E-state index in [1.54, 1.807) is 7.11 Å². The number of rotatable bonds is 5. The number of hydrogen-bond donors (Lipinski definition) is 0. The van der Waals surface area contributed by atoms with E-state index >= 15 is 0 Å². The molecule has 0 radical (unpaired) electrons. The van der Waals surface area contributed by atoms with E-state index in [1.807, 2.05) is 12.1 Å². The predicted molar refractivity (Wildman–Crippen MR) is 108 cm³/mol. The maximum Gasteiger partial charge on any atom is 0.145 e. The number of hydrogen-bond acceptors (Lipinski definition) is 5. The van der Waals surface area contributed by atoms with Gasteiger partial charge in [-0.1, -0.05) is 12.1 Å². The molecule has 0 spiro atoms. The second-order valence-corrected chi connectivity index (χ2v) is 7.65. The fraction of sp³-hybridized carbons (Fsp3) is 0.591. The first-order valence-electron chi connectivity index (χ1n) is 10.2. The summed E-state index contributed by atoms with van der Waals surface area (Å²) in [6, 6.07) is 8.36. The average molecular weight is 370 g/mol. The summed E-state index contributed by atoms with van der Waals surface area (Å²) >= 11 is 0. The van der Waals surface area contributed by atoms with Gasteiger partial charge in [0.15, 0.2) is 0 Å². The van der Waals surface area contributed by atoms with E-state index in [2.05, 4.69) is 24.0 Å². The fourth-order valence-corrected chi connectivity index (χ4v) is 4.20. The van der Waals surface area contributed by atoms with Crippen LogP contribution < -0.4 is 9.64 Å². The number of nitrogens with zero attached hydrogens (tertiary/aromatic N) is 2. The van der Waals surface area contributed by atoms with E-state index in [9.17, 15) is 0 Å². The van der Waals surface area contributed by atoms with Crippen LogP contribution in [0, 0.1) is 6.92 Å². The van der Waals surface area contributed by atoms with Gasteiger partial charge in [-0.15, -0.1) is 0 Å². The van der Waals surface area contributed by atoms with Gasteiger partial charge in [0.05, 0.1) is 25.9 Å². The SMILES string of the molecule is COc1cccc2c(N3CCC(OCC4CCCCO4)CC3)cc(C)nc12. The Morgan fingerprint density at radius 1 is 1.19 bits per heavy atom. The molecule has 0 amide bonds. The lowest BCUT2D eigenvalue weighted by Gasteiger charge is -2.35. The Morgan fingerprint density at radius 2 is 2.04 bits per heavy atom. The first-order chi connectivity index (χ1) is 13.2. The van der Waals surface area contributed by atoms with Crippen molar-refractivity contribution < 1.29 is 14.2 Å². The molecule has 5 nitrogen and oxygen atoms in total. The minimum Gasteiger partial charge on any atom is -0.494 e. The van der Waals surface area contributed by atoms with E-state index in [0.29, 0.717) is 12.2 Å². The van der Waals surface area contributed by atoms with Crippen LogP contribution in [0.25, 0.3) is 10.9 Å². The highest BCUT2D eigenvalue weighted by Crippen LogP contribution is 2.33. The third kappa shape index (κ3) is 4.19. The molecule has 1 aromatic heterocycles. The fourth-order valence-electron chi connectivity index (χ4n) is 4.20. The molecular formula is C22H30N2O3. The molecule has 5 heteroatoms. The van der Waals surface area contributed by atoms with Gasteiger partial charge >= 0.3 is 0 Å². The summed E-state index contributed by atoms with van der Waals surface area (Å²) in [5, 5.41) is 1.16. The van der Waals surface area contributed by atoms with Crippen LogP contribution >= 0.6 is 0 Å². The van der Waals surface area contributed by atoms with Crippen LogP contribution in [0.3, 0.4) is 0 Å². The van der Waals surface area contributed by atoms with Crippen LogP contribution in [0.2, 0.25) is 0 Å². The van der Waals surface area contributed by atoms with Crippen LogP contribution in [0.1, 0.15) is 37.8 Å². The average Bonchev–Trinajstić information content (AvgIpc) is 2.72. The van der Waals surface area contributed by atoms with Crippen LogP contribution in [-0.4, -0.2) is 50.6 Å². The monoisotopic (exact) mass is 370 g/mol. The van der Waals surface area contributed by atoms with Crippen molar-refractivity contribution in [1.29, 1.82) is 0 Å². The number of para-hydroxylation sites is 1. The smallest absolute Gasteiger partial charge is 0.145 e. The van der Waals surface area contributed by atoms with Gasteiger partial charge in [-0.3, -0.25) is 0 Å². The molecule has 1 aromatic carbocycles. The molecule has 3 heterocycles. The number of aromatic nitrogens is 1. The summed E-state index contributed by atoms with van der Waals surface area (Å²) in [5.41, 5.74) is 3.23. The van der Waals surface area contributed by atoms with Crippen LogP contribution in [-0.2, 0) is 9.47 Å². The molecule has 4 rings (SSSR count). The molecule has 1 unspecified atom stereocenters. The Bertz CT molecular complexity index is 765. The molecule has 2 aromatic rings. The van der Waals surface area contributed by atoms with Crippen molar-refractivity contribution in [3.05, 3.63) is 30.0 Å². The molecular weight excluding hydrogens is 340 g/mol. The quantitative estimate of drug-likeness (QED) is 0.793. The zero-order valence-electron chi connectivity index (χ0n) is 16.4. The minimum absolute atomic E-state index is 0.302. The van der Waals surface area contributed by atoms with Crippen molar-refractivity contribution in [2.75, 3.05) is 38.3 Å². The van der Waals surface area contributed by atoms with Crippen molar-refractivity contribution in [3.8, 4) is 5.75 Å². The molecule has 2 aliphatic rings. The zero-order chi connectivity index (χ0) is 18.6. The molecule has 0 saturated carbocycles. The lowest BCUT2D eigenvalue weighted by molar-refractivity contribution is -0.0672. The van der Waals surface area contributed by atoms with Crippen molar-refractivity contribution in [2.24, 2.45) is 0 Å². The molecule has 2 aliphatic heterocycles. The topological polar surface area (TPSA) is 43.8 Å². The Balaban J connectivity index is 1.42. The normalized spacial score (nSPS) is 21.6. The number of benzene rings is 1. The van der Waals surface area contributed by atoms with Gasteiger partial charge in [-0.05, 0) is 51.2 Å². The zero-order valence-corrected chi connectivity index (χ0v) is 16.4. The number of piperidine rings is 1. The Morgan fingerprint density at radius 3 is 2.78 bits per heavy atom. The van der Waals surface area contributed by atoms with E-state index < -0.39 is 0 Å². The molecule has 0 N–H and O–H groups in total. The van der Waals surface area contributed by atoms with E-state index in [-0.39, 0.29) is 0 Å². The molecule has 0 aliphatic carbocycles. The summed E-state index contributed by atoms with van der Waals surface area (Å²) in [6.07, 6.45) is 6.36. The van der Waals surface area contributed by atoms with Gasteiger partial charge in [0, 0.05) is 36.5 Å². The first-order valence-corrected chi connectivity index (χ1v) is 10.2. The van der Waals surface area contributed by atoms with Crippen molar-refractivity contribution in [3.63, 3.8) is 0 Å². The number of fused-ring (bicyclic) bond motifs is 1. The highest BCUT2D eigenvalue weighted by atomic mass is 16.5. The van der Waals surface area contributed by atoms with Crippen molar-refractivity contribution >= 4 is 16.6 Å². The lowest BCUT2D eigenvalue weighted by atomic mass is 10.0. The summed E-state index contributed by atoms with van der Waals surface area (Å²) in [5.74, 6) is 0.836. The Hall–Kier alpha value is -1.85. The highest BCUT2D eigenvalue weighted by Gasteiger charge is 2.24.